The van der Waals surface area contributed by atoms with E-state index in [0.717, 1.165) is 35.2 Å². The van der Waals surface area contributed by atoms with Crippen LogP contribution >= 0.6 is 11.8 Å². The summed E-state index contributed by atoms with van der Waals surface area (Å²) in [5, 5.41) is 6.54. The van der Waals surface area contributed by atoms with E-state index in [4.69, 9.17) is 4.74 Å². The number of rotatable bonds is 8. The van der Waals surface area contributed by atoms with Crippen molar-refractivity contribution < 1.29 is 14.3 Å². The van der Waals surface area contributed by atoms with Gasteiger partial charge in [0.25, 0.3) is 0 Å². The summed E-state index contributed by atoms with van der Waals surface area (Å²) in [4.78, 5) is 35.5. The summed E-state index contributed by atoms with van der Waals surface area (Å²) in [6.07, 6.45) is 2.89. The van der Waals surface area contributed by atoms with Gasteiger partial charge in [0.1, 0.15) is 0 Å². The Bertz CT molecular complexity index is 891. The Morgan fingerprint density at radius 1 is 1.00 bits per heavy atom. The lowest BCUT2D eigenvalue weighted by molar-refractivity contribution is -0.118. The number of carbonyl (C=O) groups is 2. The third-order valence-electron chi connectivity index (χ3n) is 5.11. The van der Waals surface area contributed by atoms with Crippen LogP contribution in [0.4, 0.5) is 11.4 Å². The zero-order valence-electron chi connectivity index (χ0n) is 18.2. The highest BCUT2D eigenvalue weighted by molar-refractivity contribution is 7.98. The second-order valence-electron chi connectivity index (χ2n) is 7.42. The van der Waals surface area contributed by atoms with E-state index in [2.05, 4.69) is 25.5 Å². The molecule has 2 amide bonds. The number of ether oxygens (including phenoxy) is 1. The fourth-order valence-corrected chi connectivity index (χ4v) is 3.88. The van der Waals surface area contributed by atoms with Gasteiger partial charge in [-0.25, -0.2) is 9.97 Å². The molecule has 2 heterocycles. The maximum Gasteiger partial charge on any atom is 0.238 e. The molecule has 0 unspecified atom stereocenters. The van der Waals surface area contributed by atoms with Crippen molar-refractivity contribution >= 4 is 35.0 Å². The molecule has 2 aromatic rings. The monoisotopic (exact) mass is 443 g/mol. The summed E-state index contributed by atoms with van der Waals surface area (Å²) < 4.78 is 5.29. The maximum atomic E-state index is 12.4. The first-order valence-electron chi connectivity index (χ1n) is 10.3. The number of aromatic nitrogens is 2. The molecule has 0 spiro atoms. The molecule has 9 heteroatoms. The standard InChI is InChI=1S/C22H29N5O3S/c1-15-19(16(2)24-22(23-15)31-3)8-9-20(28)25-17-4-6-18(7-5-17)26-21(29)14-27-10-12-30-13-11-27/h4-7H,8-14H2,1-3H3,(H,25,28)(H,26,29). The molecule has 0 saturated carbocycles. The van der Waals surface area contributed by atoms with Gasteiger partial charge in [0.2, 0.25) is 11.8 Å². The Labute approximate surface area is 187 Å². The van der Waals surface area contributed by atoms with Crippen molar-refractivity contribution in [2.24, 2.45) is 0 Å². The summed E-state index contributed by atoms with van der Waals surface area (Å²) >= 11 is 1.51. The average molecular weight is 444 g/mol. The van der Waals surface area contributed by atoms with Crippen LogP contribution in [0.25, 0.3) is 0 Å². The minimum atomic E-state index is -0.0724. The van der Waals surface area contributed by atoms with Gasteiger partial charge in [-0.3, -0.25) is 14.5 Å². The van der Waals surface area contributed by atoms with Crippen LogP contribution in [0.2, 0.25) is 0 Å². The van der Waals surface area contributed by atoms with Crippen molar-refractivity contribution in [3.05, 3.63) is 41.2 Å². The number of morpholine rings is 1. The second-order valence-corrected chi connectivity index (χ2v) is 8.20. The van der Waals surface area contributed by atoms with Crippen LogP contribution in [0.15, 0.2) is 29.4 Å². The number of benzene rings is 1. The normalized spacial score (nSPS) is 14.3. The first-order chi connectivity index (χ1) is 14.9. The fraction of sp³-hybridized carbons (Fsp3) is 0.455. The van der Waals surface area contributed by atoms with Gasteiger partial charge in [-0.05, 0) is 56.4 Å². The molecule has 0 bridgehead atoms. The lowest BCUT2D eigenvalue weighted by Gasteiger charge is -2.25. The molecule has 1 fully saturated rings. The Morgan fingerprint density at radius 2 is 1.55 bits per heavy atom. The van der Waals surface area contributed by atoms with Crippen LogP contribution in [-0.4, -0.2) is 65.8 Å². The lowest BCUT2D eigenvalue weighted by atomic mass is 10.1. The van der Waals surface area contributed by atoms with Crippen molar-refractivity contribution in [1.82, 2.24) is 14.9 Å². The maximum absolute atomic E-state index is 12.4. The van der Waals surface area contributed by atoms with Crippen molar-refractivity contribution in [2.45, 2.75) is 31.8 Å². The molecule has 2 N–H and O–H groups in total. The fourth-order valence-electron chi connectivity index (χ4n) is 3.42. The number of carbonyl (C=O) groups excluding carboxylic acids is 2. The number of thioether (sulfide) groups is 1. The highest BCUT2D eigenvalue weighted by atomic mass is 32.2. The van der Waals surface area contributed by atoms with Crippen molar-refractivity contribution in [2.75, 3.05) is 49.7 Å². The molecular weight excluding hydrogens is 414 g/mol. The number of nitrogens with zero attached hydrogens (tertiary/aromatic N) is 3. The third kappa shape index (κ3) is 7.02. The molecule has 166 valence electrons. The molecule has 8 nitrogen and oxygen atoms in total. The molecule has 0 aliphatic carbocycles. The van der Waals surface area contributed by atoms with Gasteiger partial charge in [-0.2, -0.15) is 0 Å². The molecule has 0 radical (unpaired) electrons. The van der Waals surface area contributed by atoms with E-state index < -0.39 is 0 Å². The van der Waals surface area contributed by atoms with E-state index in [1.165, 1.54) is 11.8 Å². The molecule has 3 rings (SSSR count). The highest BCUT2D eigenvalue weighted by Crippen LogP contribution is 2.18. The number of hydrogen-bond donors (Lipinski definition) is 2. The second kappa shape index (κ2) is 11.2. The van der Waals surface area contributed by atoms with Gasteiger partial charge in [0, 0.05) is 42.3 Å². The van der Waals surface area contributed by atoms with E-state index in [-0.39, 0.29) is 11.8 Å². The lowest BCUT2D eigenvalue weighted by Crippen LogP contribution is -2.41. The first-order valence-corrected chi connectivity index (χ1v) is 11.5. The van der Waals surface area contributed by atoms with Crippen molar-refractivity contribution in [3.8, 4) is 0 Å². The van der Waals surface area contributed by atoms with Gasteiger partial charge in [0.05, 0.1) is 19.8 Å². The molecule has 1 aromatic heterocycles. The van der Waals surface area contributed by atoms with E-state index in [0.29, 0.717) is 44.0 Å². The summed E-state index contributed by atoms with van der Waals surface area (Å²) in [5.74, 6) is -0.129. The SMILES string of the molecule is CSc1nc(C)c(CCC(=O)Nc2ccc(NC(=O)CN3CCOCC3)cc2)c(C)n1. The number of aryl methyl sites for hydroxylation is 2. The predicted octanol–water partition coefficient (Wildman–Crippen LogP) is 2.66. The number of amides is 2. The zero-order chi connectivity index (χ0) is 22.2. The molecule has 1 aliphatic heterocycles. The van der Waals surface area contributed by atoms with Gasteiger partial charge in [0.15, 0.2) is 5.16 Å². The van der Waals surface area contributed by atoms with Crippen LogP contribution in [-0.2, 0) is 20.7 Å². The topological polar surface area (TPSA) is 96.5 Å². The average Bonchev–Trinajstić information content (AvgIpc) is 2.75. The molecule has 1 saturated heterocycles. The van der Waals surface area contributed by atoms with Crippen LogP contribution in [0.5, 0.6) is 0 Å². The van der Waals surface area contributed by atoms with E-state index in [1.54, 1.807) is 24.3 Å². The third-order valence-corrected chi connectivity index (χ3v) is 5.66. The van der Waals surface area contributed by atoms with E-state index in [9.17, 15) is 9.59 Å². The Balaban J connectivity index is 1.47. The van der Waals surface area contributed by atoms with Crippen molar-refractivity contribution in [1.29, 1.82) is 0 Å². The summed E-state index contributed by atoms with van der Waals surface area (Å²) in [6.45, 7) is 7.12. The van der Waals surface area contributed by atoms with E-state index >= 15 is 0 Å². The Hall–Kier alpha value is -2.49. The van der Waals surface area contributed by atoms with Crippen LogP contribution in [0.3, 0.4) is 0 Å². The smallest absolute Gasteiger partial charge is 0.238 e. The Kier molecular flexibility index (Phi) is 8.39. The van der Waals surface area contributed by atoms with Crippen molar-refractivity contribution in [3.63, 3.8) is 0 Å². The van der Waals surface area contributed by atoms with Crippen LogP contribution in [0, 0.1) is 13.8 Å². The van der Waals surface area contributed by atoms with Gasteiger partial charge < -0.3 is 15.4 Å². The number of nitrogens with one attached hydrogen (secondary N) is 2. The minimum Gasteiger partial charge on any atom is -0.379 e. The summed E-state index contributed by atoms with van der Waals surface area (Å²) in [5.41, 5.74) is 4.25. The van der Waals surface area contributed by atoms with Crippen LogP contribution < -0.4 is 10.6 Å². The van der Waals surface area contributed by atoms with Gasteiger partial charge in [-0.15, -0.1) is 0 Å². The largest absolute Gasteiger partial charge is 0.379 e. The zero-order valence-corrected chi connectivity index (χ0v) is 19.1. The van der Waals surface area contributed by atoms with Gasteiger partial charge >= 0.3 is 0 Å². The van der Waals surface area contributed by atoms with Crippen LogP contribution in [0.1, 0.15) is 23.4 Å². The molecule has 1 aliphatic rings. The summed E-state index contributed by atoms with van der Waals surface area (Å²) in [7, 11) is 0. The molecule has 0 atom stereocenters. The summed E-state index contributed by atoms with van der Waals surface area (Å²) in [6, 6.07) is 7.15. The minimum absolute atomic E-state index is 0.0564. The molecule has 1 aromatic carbocycles. The van der Waals surface area contributed by atoms with Gasteiger partial charge in [-0.1, -0.05) is 11.8 Å². The molecular formula is C22H29N5O3S. The first kappa shape index (κ1) is 23.2. The van der Waals surface area contributed by atoms with E-state index in [1.807, 2.05) is 20.1 Å². The number of hydrogen-bond acceptors (Lipinski definition) is 7. The number of anilines is 2. The molecule has 31 heavy (non-hydrogen) atoms. The predicted molar refractivity (Wildman–Crippen MR) is 123 cm³/mol. The Morgan fingerprint density at radius 3 is 2.10 bits per heavy atom. The highest BCUT2D eigenvalue weighted by Gasteiger charge is 2.14. The quantitative estimate of drug-likeness (QED) is 0.478.